The Morgan fingerprint density at radius 2 is 2.26 bits per heavy atom. The normalized spacial score (nSPS) is 13.6. The minimum Gasteiger partial charge on any atom is -0.367 e. The number of aromatic nitrogens is 3. The number of fused-ring (bicyclic) bond motifs is 1. The molecule has 0 aromatic carbocycles. The van der Waals surface area contributed by atoms with Crippen molar-refractivity contribution < 1.29 is 8.42 Å². The monoisotopic (exact) mass is 346 g/mol. The number of nitrogens with one attached hydrogen (secondary N) is 1. The van der Waals surface area contributed by atoms with Crippen LogP contribution in [0.1, 0.15) is 13.3 Å². The number of nitrogens with zero attached hydrogens (tertiary/aromatic N) is 3. The van der Waals surface area contributed by atoms with E-state index in [-0.39, 0.29) is 11.8 Å². The lowest BCUT2D eigenvalue weighted by molar-refractivity contribution is 0.595. The quantitative estimate of drug-likeness (QED) is 0.891. The molecule has 1 unspecified atom stereocenters. The van der Waals surface area contributed by atoms with Gasteiger partial charge in [-0.2, -0.15) is 5.10 Å². The first-order chi connectivity index (χ1) is 8.85. The zero-order valence-electron chi connectivity index (χ0n) is 10.7. The molecule has 0 aliphatic rings. The van der Waals surface area contributed by atoms with Gasteiger partial charge in [0.15, 0.2) is 5.65 Å². The molecule has 0 saturated carbocycles. The molecule has 0 aliphatic heterocycles. The average Bonchev–Trinajstić information content (AvgIpc) is 2.68. The van der Waals surface area contributed by atoms with Crippen LogP contribution in [0, 0.1) is 0 Å². The van der Waals surface area contributed by atoms with E-state index in [2.05, 4.69) is 31.3 Å². The summed E-state index contributed by atoms with van der Waals surface area (Å²) in [6, 6.07) is 1.84. The fourth-order valence-electron chi connectivity index (χ4n) is 1.64. The zero-order chi connectivity index (χ0) is 14.0. The Morgan fingerprint density at radius 1 is 1.53 bits per heavy atom. The lowest BCUT2D eigenvalue weighted by Gasteiger charge is -2.13. The van der Waals surface area contributed by atoms with E-state index in [0.29, 0.717) is 12.2 Å². The van der Waals surface area contributed by atoms with E-state index in [0.717, 1.165) is 10.1 Å². The fraction of sp³-hybridized carbons (Fsp3) is 0.455. The molecule has 2 aromatic rings. The van der Waals surface area contributed by atoms with Gasteiger partial charge in [-0.15, -0.1) is 0 Å². The van der Waals surface area contributed by atoms with Crippen LogP contribution in [0.2, 0.25) is 0 Å². The highest BCUT2D eigenvalue weighted by Gasteiger charge is 2.09. The summed E-state index contributed by atoms with van der Waals surface area (Å²) in [6.07, 6.45) is 5.28. The van der Waals surface area contributed by atoms with Crippen molar-refractivity contribution in [3.05, 3.63) is 22.9 Å². The van der Waals surface area contributed by atoms with Gasteiger partial charge in [0.25, 0.3) is 0 Å². The zero-order valence-corrected chi connectivity index (χ0v) is 13.1. The van der Waals surface area contributed by atoms with Crippen LogP contribution in [-0.2, 0) is 9.84 Å². The largest absolute Gasteiger partial charge is 0.367 e. The Hall–Kier alpha value is -1.15. The van der Waals surface area contributed by atoms with Crippen molar-refractivity contribution in [3.8, 4) is 0 Å². The molecule has 1 atom stereocenters. The summed E-state index contributed by atoms with van der Waals surface area (Å²) in [5.74, 6) is 0.870. The molecule has 1 N–H and O–H groups in total. The van der Waals surface area contributed by atoms with E-state index >= 15 is 0 Å². The molecule has 0 radical (unpaired) electrons. The van der Waals surface area contributed by atoms with Gasteiger partial charge in [-0.1, -0.05) is 0 Å². The van der Waals surface area contributed by atoms with Gasteiger partial charge in [-0.3, -0.25) is 0 Å². The van der Waals surface area contributed by atoms with Crippen LogP contribution in [-0.4, -0.2) is 41.1 Å². The van der Waals surface area contributed by atoms with Crippen LogP contribution in [0.15, 0.2) is 22.9 Å². The smallest absolute Gasteiger partial charge is 0.171 e. The first-order valence-electron chi connectivity index (χ1n) is 5.79. The third-order valence-electron chi connectivity index (χ3n) is 2.64. The predicted molar refractivity (Wildman–Crippen MR) is 78.1 cm³/mol. The molecular weight excluding hydrogens is 332 g/mol. The van der Waals surface area contributed by atoms with E-state index in [1.54, 1.807) is 16.9 Å². The summed E-state index contributed by atoms with van der Waals surface area (Å²) < 4.78 is 24.7. The van der Waals surface area contributed by atoms with E-state index in [1.807, 2.05) is 13.0 Å². The number of hydrogen-bond donors (Lipinski definition) is 1. The van der Waals surface area contributed by atoms with Crippen molar-refractivity contribution in [2.75, 3.05) is 17.3 Å². The van der Waals surface area contributed by atoms with Gasteiger partial charge < -0.3 is 5.32 Å². The molecule has 0 bridgehead atoms. The molecule has 8 heteroatoms. The Balaban J connectivity index is 2.06. The maximum Gasteiger partial charge on any atom is 0.171 e. The highest BCUT2D eigenvalue weighted by atomic mass is 79.9. The van der Waals surface area contributed by atoms with E-state index in [1.165, 1.54) is 6.26 Å². The first-order valence-corrected chi connectivity index (χ1v) is 8.64. The molecular formula is C11H15BrN4O2S. The second kappa shape index (κ2) is 5.46. The van der Waals surface area contributed by atoms with Gasteiger partial charge in [0, 0.05) is 18.5 Å². The lowest BCUT2D eigenvalue weighted by Crippen LogP contribution is -2.20. The minimum atomic E-state index is -2.93. The van der Waals surface area contributed by atoms with Gasteiger partial charge in [-0.25, -0.2) is 17.9 Å². The van der Waals surface area contributed by atoms with Crippen LogP contribution in [0.4, 0.5) is 5.82 Å². The van der Waals surface area contributed by atoms with Crippen molar-refractivity contribution in [2.45, 2.75) is 19.4 Å². The van der Waals surface area contributed by atoms with Crippen molar-refractivity contribution in [1.29, 1.82) is 0 Å². The van der Waals surface area contributed by atoms with Gasteiger partial charge in [0.2, 0.25) is 0 Å². The third-order valence-corrected chi connectivity index (χ3v) is 4.18. The molecule has 0 saturated heterocycles. The molecule has 19 heavy (non-hydrogen) atoms. The SMILES string of the molecule is CC(CCS(C)(=O)=O)Nc1ccn2ncc(Br)c2n1. The van der Waals surface area contributed by atoms with Gasteiger partial charge in [-0.05, 0) is 35.3 Å². The van der Waals surface area contributed by atoms with E-state index < -0.39 is 9.84 Å². The van der Waals surface area contributed by atoms with Gasteiger partial charge >= 0.3 is 0 Å². The summed E-state index contributed by atoms with van der Waals surface area (Å²) in [4.78, 5) is 4.41. The third kappa shape index (κ3) is 3.90. The standard InChI is InChI=1S/C11H15BrN4O2S/c1-8(4-6-19(2,17)18)14-10-3-5-16-11(15-10)9(12)7-13-16/h3,5,7-8H,4,6H2,1-2H3,(H,14,15). The number of sulfone groups is 1. The molecule has 2 rings (SSSR count). The second-order valence-corrected chi connectivity index (χ2v) is 7.65. The highest BCUT2D eigenvalue weighted by molar-refractivity contribution is 9.10. The van der Waals surface area contributed by atoms with E-state index in [4.69, 9.17) is 0 Å². The summed E-state index contributed by atoms with van der Waals surface area (Å²) >= 11 is 3.37. The summed E-state index contributed by atoms with van der Waals surface area (Å²) in [7, 11) is -2.93. The number of hydrogen-bond acceptors (Lipinski definition) is 5. The van der Waals surface area contributed by atoms with Gasteiger partial charge in [0.1, 0.15) is 15.7 Å². The van der Waals surface area contributed by atoms with E-state index in [9.17, 15) is 8.42 Å². The molecule has 104 valence electrons. The van der Waals surface area contributed by atoms with Crippen LogP contribution in [0.3, 0.4) is 0 Å². The Morgan fingerprint density at radius 3 is 2.95 bits per heavy atom. The molecule has 2 heterocycles. The van der Waals surface area contributed by atoms with Crippen LogP contribution in [0.25, 0.3) is 5.65 Å². The maximum absolute atomic E-state index is 11.1. The molecule has 0 fully saturated rings. The predicted octanol–water partition coefficient (Wildman–Crippen LogP) is 1.73. The van der Waals surface area contributed by atoms with Crippen LogP contribution in [0.5, 0.6) is 0 Å². The second-order valence-electron chi connectivity index (χ2n) is 4.54. The maximum atomic E-state index is 11.1. The highest BCUT2D eigenvalue weighted by Crippen LogP contribution is 2.17. The van der Waals surface area contributed by atoms with Crippen molar-refractivity contribution in [2.24, 2.45) is 0 Å². The topological polar surface area (TPSA) is 76.4 Å². The van der Waals surface area contributed by atoms with Crippen LogP contribution >= 0.6 is 15.9 Å². The van der Waals surface area contributed by atoms with Crippen molar-refractivity contribution in [3.63, 3.8) is 0 Å². The molecule has 6 nitrogen and oxygen atoms in total. The molecule has 0 spiro atoms. The van der Waals surface area contributed by atoms with Crippen molar-refractivity contribution in [1.82, 2.24) is 14.6 Å². The Labute approximate surface area is 120 Å². The minimum absolute atomic E-state index is 0.0337. The number of anilines is 1. The molecule has 0 amide bonds. The summed E-state index contributed by atoms with van der Waals surface area (Å²) in [5, 5.41) is 7.29. The average molecular weight is 347 g/mol. The Kier molecular flexibility index (Phi) is 4.10. The van der Waals surface area contributed by atoms with Gasteiger partial charge in [0.05, 0.1) is 16.4 Å². The molecule has 0 aliphatic carbocycles. The first kappa shape index (κ1) is 14.3. The Bertz CT molecular complexity index is 683. The molecule has 2 aromatic heterocycles. The summed E-state index contributed by atoms with van der Waals surface area (Å²) in [6.45, 7) is 1.93. The summed E-state index contributed by atoms with van der Waals surface area (Å²) in [5.41, 5.74) is 0.723. The number of halogens is 1. The fourth-order valence-corrected chi connectivity index (χ4v) is 2.78. The number of rotatable bonds is 5. The van der Waals surface area contributed by atoms with Crippen LogP contribution < -0.4 is 5.32 Å². The lowest BCUT2D eigenvalue weighted by atomic mass is 10.2. The van der Waals surface area contributed by atoms with Crippen molar-refractivity contribution >= 4 is 37.2 Å².